The fourth-order valence-electron chi connectivity index (χ4n) is 2.34. The number of rotatable bonds is 7. The van der Waals surface area contributed by atoms with E-state index in [-0.39, 0.29) is 5.75 Å². The van der Waals surface area contributed by atoms with Gasteiger partial charge in [-0.05, 0) is 43.2 Å². The standard InChI is InChI=1S/C19H24ClN3O2/c1-3-21-19(22-11-10-14-6-4-5-7-17(14)20)23-13-15-12-16(25-2)8-9-18(15)24/h4-9,12,24H,3,10-11,13H2,1-2H3,(H2,21,22,23). The predicted octanol–water partition coefficient (Wildman–Crippen LogP) is 3.35. The topological polar surface area (TPSA) is 65.9 Å². The van der Waals surface area contributed by atoms with Crippen LogP contribution in [-0.2, 0) is 13.0 Å². The number of aliphatic imine (C=N–C) groups is 1. The number of methoxy groups -OCH3 is 1. The van der Waals surface area contributed by atoms with E-state index in [0.717, 1.165) is 23.6 Å². The van der Waals surface area contributed by atoms with Gasteiger partial charge in [-0.25, -0.2) is 4.99 Å². The number of guanidine groups is 1. The summed E-state index contributed by atoms with van der Waals surface area (Å²) in [6, 6.07) is 12.9. The van der Waals surface area contributed by atoms with Crippen molar-refractivity contribution in [3.63, 3.8) is 0 Å². The quantitative estimate of drug-likeness (QED) is 0.522. The van der Waals surface area contributed by atoms with Crippen molar-refractivity contribution in [2.45, 2.75) is 19.9 Å². The zero-order chi connectivity index (χ0) is 18.1. The molecule has 0 radical (unpaired) electrons. The van der Waals surface area contributed by atoms with Gasteiger partial charge >= 0.3 is 0 Å². The van der Waals surface area contributed by atoms with Crippen molar-refractivity contribution in [2.75, 3.05) is 20.2 Å². The summed E-state index contributed by atoms with van der Waals surface area (Å²) >= 11 is 6.17. The van der Waals surface area contributed by atoms with E-state index in [4.69, 9.17) is 16.3 Å². The maximum absolute atomic E-state index is 9.95. The molecule has 6 heteroatoms. The van der Waals surface area contributed by atoms with Gasteiger partial charge in [-0.2, -0.15) is 0 Å². The molecule has 2 aromatic carbocycles. The first-order valence-corrected chi connectivity index (χ1v) is 8.63. The summed E-state index contributed by atoms with van der Waals surface area (Å²) < 4.78 is 5.19. The van der Waals surface area contributed by atoms with Crippen molar-refractivity contribution >= 4 is 17.6 Å². The van der Waals surface area contributed by atoms with E-state index in [1.54, 1.807) is 25.3 Å². The lowest BCUT2D eigenvalue weighted by atomic mass is 10.1. The highest BCUT2D eigenvalue weighted by Crippen LogP contribution is 2.23. The van der Waals surface area contributed by atoms with Crippen LogP contribution in [0.25, 0.3) is 0 Å². The molecule has 0 bridgehead atoms. The number of nitrogens with zero attached hydrogens (tertiary/aromatic N) is 1. The molecule has 3 N–H and O–H groups in total. The molecule has 0 heterocycles. The smallest absolute Gasteiger partial charge is 0.191 e. The first-order valence-electron chi connectivity index (χ1n) is 8.25. The van der Waals surface area contributed by atoms with Crippen molar-refractivity contribution in [1.82, 2.24) is 10.6 Å². The van der Waals surface area contributed by atoms with Crippen LogP contribution >= 0.6 is 11.6 Å². The van der Waals surface area contributed by atoms with Crippen LogP contribution < -0.4 is 15.4 Å². The minimum absolute atomic E-state index is 0.205. The maximum atomic E-state index is 9.95. The maximum Gasteiger partial charge on any atom is 0.191 e. The highest BCUT2D eigenvalue weighted by atomic mass is 35.5. The summed E-state index contributed by atoms with van der Waals surface area (Å²) in [5.74, 6) is 1.59. The highest BCUT2D eigenvalue weighted by Gasteiger charge is 2.05. The molecular formula is C19H24ClN3O2. The van der Waals surface area contributed by atoms with Gasteiger partial charge in [-0.3, -0.25) is 0 Å². The van der Waals surface area contributed by atoms with Crippen LogP contribution in [0.3, 0.4) is 0 Å². The third-order valence-electron chi connectivity index (χ3n) is 3.68. The summed E-state index contributed by atoms with van der Waals surface area (Å²) in [5, 5.41) is 17.2. The Kier molecular flexibility index (Phi) is 7.41. The molecular weight excluding hydrogens is 338 g/mol. The highest BCUT2D eigenvalue weighted by molar-refractivity contribution is 6.31. The first-order chi connectivity index (χ1) is 12.1. The molecule has 25 heavy (non-hydrogen) atoms. The zero-order valence-electron chi connectivity index (χ0n) is 14.6. The Balaban J connectivity index is 1.97. The molecule has 0 aliphatic heterocycles. The van der Waals surface area contributed by atoms with E-state index in [0.29, 0.717) is 30.4 Å². The van der Waals surface area contributed by atoms with Crippen LogP contribution in [0.4, 0.5) is 0 Å². The second-order valence-corrected chi connectivity index (χ2v) is 5.87. The minimum atomic E-state index is 0.205. The van der Waals surface area contributed by atoms with Crippen LogP contribution in [-0.4, -0.2) is 31.3 Å². The Morgan fingerprint density at radius 2 is 1.96 bits per heavy atom. The molecule has 0 amide bonds. The van der Waals surface area contributed by atoms with Crippen molar-refractivity contribution in [3.8, 4) is 11.5 Å². The third-order valence-corrected chi connectivity index (χ3v) is 4.05. The summed E-state index contributed by atoms with van der Waals surface area (Å²) in [6.07, 6.45) is 0.800. The van der Waals surface area contributed by atoms with Gasteiger partial charge in [0.25, 0.3) is 0 Å². The average molecular weight is 362 g/mol. The van der Waals surface area contributed by atoms with Crippen LogP contribution in [0, 0.1) is 0 Å². The number of ether oxygens (including phenoxy) is 1. The first kappa shape index (κ1) is 18.9. The van der Waals surface area contributed by atoms with E-state index < -0.39 is 0 Å². The molecule has 0 saturated carbocycles. The summed E-state index contributed by atoms with van der Waals surface area (Å²) in [5.41, 5.74) is 1.81. The van der Waals surface area contributed by atoms with Crippen molar-refractivity contribution < 1.29 is 9.84 Å². The summed E-state index contributed by atoms with van der Waals surface area (Å²) in [6.45, 7) is 3.82. The van der Waals surface area contributed by atoms with Gasteiger partial charge in [-0.15, -0.1) is 0 Å². The van der Waals surface area contributed by atoms with Crippen molar-refractivity contribution in [3.05, 3.63) is 58.6 Å². The summed E-state index contributed by atoms with van der Waals surface area (Å²) in [4.78, 5) is 4.52. The monoisotopic (exact) mass is 361 g/mol. The molecule has 0 aliphatic rings. The molecule has 2 rings (SSSR count). The molecule has 0 spiro atoms. The second kappa shape index (κ2) is 9.79. The molecule has 134 valence electrons. The molecule has 0 unspecified atom stereocenters. The average Bonchev–Trinajstić information content (AvgIpc) is 2.62. The molecule has 0 aromatic heterocycles. The number of nitrogens with one attached hydrogen (secondary N) is 2. The van der Waals surface area contributed by atoms with E-state index in [1.807, 2.05) is 31.2 Å². The fraction of sp³-hybridized carbons (Fsp3) is 0.316. The van der Waals surface area contributed by atoms with Gasteiger partial charge in [0.15, 0.2) is 5.96 Å². The Labute approximate surface area is 153 Å². The zero-order valence-corrected chi connectivity index (χ0v) is 15.3. The van der Waals surface area contributed by atoms with Crippen LogP contribution in [0.5, 0.6) is 11.5 Å². The van der Waals surface area contributed by atoms with E-state index in [9.17, 15) is 5.11 Å². The fourth-order valence-corrected chi connectivity index (χ4v) is 2.57. The van der Waals surface area contributed by atoms with E-state index in [2.05, 4.69) is 15.6 Å². The minimum Gasteiger partial charge on any atom is -0.508 e. The number of phenols is 1. The third kappa shape index (κ3) is 5.87. The largest absolute Gasteiger partial charge is 0.508 e. The number of phenolic OH excluding ortho intramolecular Hbond substituents is 1. The number of benzene rings is 2. The van der Waals surface area contributed by atoms with Gasteiger partial charge < -0.3 is 20.5 Å². The number of hydrogen-bond acceptors (Lipinski definition) is 3. The van der Waals surface area contributed by atoms with E-state index >= 15 is 0 Å². The number of aromatic hydroxyl groups is 1. The van der Waals surface area contributed by atoms with Gasteiger partial charge in [0, 0.05) is 23.7 Å². The van der Waals surface area contributed by atoms with Gasteiger partial charge in [0.2, 0.25) is 0 Å². The Morgan fingerprint density at radius 1 is 1.16 bits per heavy atom. The number of hydrogen-bond donors (Lipinski definition) is 3. The molecule has 2 aromatic rings. The molecule has 0 aliphatic carbocycles. The Hall–Kier alpha value is -2.40. The predicted molar refractivity (Wildman–Crippen MR) is 103 cm³/mol. The van der Waals surface area contributed by atoms with Gasteiger partial charge in [-0.1, -0.05) is 29.8 Å². The van der Waals surface area contributed by atoms with Gasteiger partial charge in [0.1, 0.15) is 11.5 Å². The SMILES string of the molecule is CCNC(=NCc1cc(OC)ccc1O)NCCc1ccccc1Cl. The molecule has 0 saturated heterocycles. The Morgan fingerprint density at radius 3 is 2.68 bits per heavy atom. The van der Waals surface area contributed by atoms with Crippen LogP contribution in [0.1, 0.15) is 18.1 Å². The Bertz CT molecular complexity index is 720. The lowest BCUT2D eigenvalue weighted by Gasteiger charge is -2.12. The lowest BCUT2D eigenvalue weighted by molar-refractivity contribution is 0.411. The summed E-state index contributed by atoms with van der Waals surface area (Å²) in [7, 11) is 1.60. The van der Waals surface area contributed by atoms with Gasteiger partial charge in [0.05, 0.1) is 13.7 Å². The lowest BCUT2D eigenvalue weighted by Crippen LogP contribution is -2.38. The molecule has 5 nitrogen and oxygen atoms in total. The van der Waals surface area contributed by atoms with E-state index in [1.165, 1.54) is 0 Å². The van der Waals surface area contributed by atoms with Crippen molar-refractivity contribution in [2.24, 2.45) is 4.99 Å². The molecule has 0 atom stereocenters. The number of halogens is 1. The molecule has 0 fully saturated rings. The van der Waals surface area contributed by atoms with Crippen molar-refractivity contribution in [1.29, 1.82) is 0 Å². The van der Waals surface area contributed by atoms with Crippen LogP contribution in [0.2, 0.25) is 5.02 Å². The normalized spacial score (nSPS) is 11.2. The second-order valence-electron chi connectivity index (χ2n) is 5.46. The van der Waals surface area contributed by atoms with Crippen LogP contribution in [0.15, 0.2) is 47.5 Å².